The maximum absolute atomic E-state index is 12.8. The lowest BCUT2D eigenvalue weighted by Crippen LogP contribution is -2.25. The molecule has 0 spiro atoms. The summed E-state index contributed by atoms with van der Waals surface area (Å²) in [7, 11) is 1.46. The van der Waals surface area contributed by atoms with Crippen molar-refractivity contribution in [2.24, 2.45) is 0 Å². The summed E-state index contributed by atoms with van der Waals surface area (Å²) in [6.07, 6.45) is 3.84. The van der Waals surface area contributed by atoms with Crippen LogP contribution in [0, 0.1) is 0 Å². The standard InChI is InChI=1S/C23H22N2O4/c1-15(22(26)18-12-11-16-7-6-8-17(16)13-18)29-23(27)21-20(28-2)14-25(24-21)19-9-4-3-5-10-19/h3-5,9-15H,6-8H2,1-2H3/t15-/m0/s1. The van der Waals surface area contributed by atoms with Crippen molar-refractivity contribution in [3.63, 3.8) is 0 Å². The Morgan fingerprint density at radius 2 is 1.83 bits per heavy atom. The quantitative estimate of drug-likeness (QED) is 0.473. The van der Waals surface area contributed by atoms with Gasteiger partial charge in [-0.3, -0.25) is 4.79 Å². The third-order valence-electron chi connectivity index (χ3n) is 5.15. The van der Waals surface area contributed by atoms with Crippen LogP contribution in [0.4, 0.5) is 0 Å². The molecule has 0 fully saturated rings. The number of hydrogen-bond acceptors (Lipinski definition) is 5. The summed E-state index contributed by atoms with van der Waals surface area (Å²) < 4.78 is 12.2. The fourth-order valence-corrected chi connectivity index (χ4v) is 3.59. The lowest BCUT2D eigenvalue weighted by atomic mass is 10.0. The molecule has 3 aromatic rings. The molecule has 29 heavy (non-hydrogen) atoms. The van der Waals surface area contributed by atoms with Crippen LogP contribution >= 0.6 is 0 Å². The number of benzene rings is 2. The molecule has 0 radical (unpaired) electrons. The lowest BCUT2D eigenvalue weighted by Gasteiger charge is -2.12. The second-order valence-corrected chi connectivity index (χ2v) is 7.08. The number of Topliss-reactive ketones (excluding diaryl/α,β-unsaturated/α-hetero) is 1. The number of ketones is 1. The van der Waals surface area contributed by atoms with Crippen LogP contribution in [0.5, 0.6) is 5.75 Å². The van der Waals surface area contributed by atoms with Gasteiger partial charge in [-0.25, -0.2) is 9.48 Å². The van der Waals surface area contributed by atoms with E-state index in [0.29, 0.717) is 5.56 Å². The SMILES string of the molecule is COc1cn(-c2ccccc2)nc1C(=O)O[C@@H](C)C(=O)c1ccc2c(c1)CCC2. The summed E-state index contributed by atoms with van der Waals surface area (Å²) in [4.78, 5) is 25.4. The summed E-state index contributed by atoms with van der Waals surface area (Å²) in [6.45, 7) is 1.58. The first-order chi connectivity index (χ1) is 14.1. The number of fused-ring (bicyclic) bond motifs is 1. The van der Waals surface area contributed by atoms with Crippen molar-refractivity contribution in [2.75, 3.05) is 7.11 Å². The molecule has 2 aromatic carbocycles. The number of para-hydroxylation sites is 1. The van der Waals surface area contributed by atoms with E-state index >= 15 is 0 Å². The Bertz CT molecular complexity index is 1060. The minimum absolute atomic E-state index is 0.0324. The van der Waals surface area contributed by atoms with Gasteiger partial charge in [0.15, 0.2) is 11.9 Å². The van der Waals surface area contributed by atoms with E-state index < -0.39 is 12.1 Å². The van der Waals surface area contributed by atoms with Crippen LogP contribution in [0.2, 0.25) is 0 Å². The van der Waals surface area contributed by atoms with Crippen molar-refractivity contribution in [3.05, 3.63) is 77.1 Å². The molecule has 6 heteroatoms. The minimum atomic E-state index is -0.923. The van der Waals surface area contributed by atoms with Crippen molar-refractivity contribution in [1.29, 1.82) is 0 Å². The highest BCUT2D eigenvalue weighted by molar-refractivity contribution is 6.01. The number of carbonyl (C=O) groups is 2. The van der Waals surface area contributed by atoms with Gasteiger partial charge in [0, 0.05) is 5.56 Å². The number of methoxy groups -OCH3 is 1. The van der Waals surface area contributed by atoms with E-state index in [9.17, 15) is 9.59 Å². The summed E-state index contributed by atoms with van der Waals surface area (Å²) >= 11 is 0. The number of rotatable bonds is 6. The molecule has 0 N–H and O–H groups in total. The molecule has 4 rings (SSSR count). The van der Waals surface area contributed by atoms with Gasteiger partial charge in [-0.15, -0.1) is 0 Å². The third kappa shape index (κ3) is 3.78. The van der Waals surface area contributed by atoms with Crippen molar-refractivity contribution in [2.45, 2.75) is 32.3 Å². The van der Waals surface area contributed by atoms with Crippen LogP contribution in [0.15, 0.2) is 54.7 Å². The number of nitrogens with zero attached hydrogens (tertiary/aromatic N) is 2. The maximum atomic E-state index is 12.8. The average Bonchev–Trinajstić information content (AvgIpc) is 3.40. The summed E-state index contributed by atoms with van der Waals surface area (Å²) in [5.41, 5.74) is 3.88. The van der Waals surface area contributed by atoms with Gasteiger partial charge < -0.3 is 9.47 Å². The van der Waals surface area contributed by atoms with E-state index in [-0.39, 0.29) is 17.2 Å². The van der Waals surface area contributed by atoms with E-state index in [2.05, 4.69) is 5.10 Å². The Morgan fingerprint density at radius 3 is 2.59 bits per heavy atom. The Kier molecular flexibility index (Phi) is 5.16. The molecule has 0 unspecified atom stereocenters. The average molecular weight is 390 g/mol. The van der Waals surface area contributed by atoms with Gasteiger partial charge in [0.2, 0.25) is 11.5 Å². The molecule has 0 saturated heterocycles. The van der Waals surface area contributed by atoms with Gasteiger partial charge in [0.25, 0.3) is 0 Å². The highest BCUT2D eigenvalue weighted by Crippen LogP contribution is 2.24. The summed E-state index contributed by atoms with van der Waals surface area (Å²) in [6, 6.07) is 15.1. The maximum Gasteiger partial charge on any atom is 0.363 e. The monoisotopic (exact) mass is 390 g/mol. The first-order valence-corrected chi connectivity index (χ1v) is 9.63. The largest absolute Gasteiger partial charge is 0.493 e. The van der Waals surface area contributed by atoms with Gasteiger partial charge >= 0.3 is 5.97 Å². The zero-order valence-corrected chi connectivity index (χ0v) is 16.4. The number of ether oxygens (including phenoxy) is 2. The smallest absolute Gasteiger partial charge is 0.363 e. The zero-order chi connectivity index (χ0) is 20.4. The molecule has 1 aliphatic carbocycles. The molecule has 1 atom stereocenters. The van der Waals surface area contributed by atoms with E-state index in [1.807, 2.05) is 48.5 Å². The van der Waals surface area contributed by atoms with Gasteiger partial charge in [-0.05, 0) is 55.5 Å². The van der Waals surface area contributed by atoms with E-state index in [0.717, 1.165) is 24.9 Å². The van der Waals surface area contributed by atoms with Crippen molar-refractivity contribution >= 4 is 11.8 Å². The number of carbonyl (C=O) groups excluding carboxylic acids is 2. The minimum Gasteiger partial charge on any atom is -0.493 e. The van der Waals surface area contributed by atoms with Crippen LogP contribution in [-0.4, -0.2) is 34.7 Å². The van der Waals surface area contributed by atoms with E-state index in [1.54, 1.807) is 17.8 Å². The molecule has 0 aliphatic heterocycles. The van der Waals surface area contributed by atoms with Crippen LogP contribution in [-0.2, 0) is 17.6 Å². The Labute approximate surface area is 169 Å². The van der Waals surface area contributed by atoms with E-state index in [4.69, 9.17) is 9.47 Å². The summed E-state index contributed by atoms with van der Waals surface area (Å²) in [5, 5.41) is 4.29. The molecule has 1 aliphatic rings. The number of hydrogen-bond donors (Lipinski definition) is 0. The molecular formula is C23H22N2O4. The fourth-order valence-electron chi connectivity index (χ4n) is 3.59. The number of aromatic nitrogens is 2. The van der Waals surface area contributed by atoms with Gasteiger partial charge in [-0.1, -0.05) is 30.3 Å². The molecule has 0 bridgehead atoms. The van der Waals surface area contributed by atoms with Crippen LogP contribution < -0.4 is 4.74 Å². The predicted octanol–water partition coefficient (Wildman–Crippen LogP) is 3.80. The van der Waals surface area contributed by atoms with Crippen LogP contribution in [0.1, 0.15) is 45.3 Å². The zero-order valence-electron chi connectivity index (χ0n) is 16.4. The highest BCUT2D eigenvalue weighted by Gasteiger charge is 2.26. The molecule has 1 heterocycles. The molecule has 1 aromatic heterocycles. The van der Waals surface area contributed by atoms with E-state index in [1.165, 1.54) is 18.2 Å². The van der Waals surface area contributed by atoms with Crippen molar-refractivity contribution in [3.8, 4) is 11.4 Å². The van der Waals surface area contributed by atoms with Crippen molar-refractivity contribution in [1.82, 2.24) is 9.78 Å². The molecule has 0 amide bonds. The Balaban J connectivity index is 1.51. The molecule has 0 saturated carbocycles. The Hall–Kier alpha value is -3.41. The molecular weight excluding hydrogens is 368 g/mol. The normalized spacial score (nSPS) is 13.6. The Morgan fingerprint density at radius 1 is 1.07 bits per heavy atom. The summed E-state index contributed by atoms with van der Waals surface area (Å²) in [5.74, 6) is -0.635. The lowest BCUT2D eigenvalue weighted by molar-refractivity contribution is 0.0309. The molecule has 148 valence electrons. The third-order valence-corrected chi connectivity index (χ3v) is 5.15. The topological polar surface area (TPSA) is 70.4 Å². The first kappa shape index (κ1) is 18.9. The van der Waals surface area contributed by atoms with Crippen molar-refractivity contribution < 1.29 is 19.1 Å². The first-order valence-electron chi connectivity index (χ1n) is 9.63. The van der Waals surface area contributed by atoms with Crippen LogP contribution in [0.3, 0.4) is 0 Å². The fraction of sp³-hybridized carbons (Fsp3) is 0.261. The van der Waals surface area contributed by atoms with Gasteiger partial charge in [-0.2, -0.15) is 5.10 Å². The molecule has 6 nitrogen and oxygen atoms in total. The number of esters is 1. The highest BCUT2D eigenvalue weighted by atomic mass is 16.5. The van der Waals surface area contributed by atoms with Crippen LogP contribution in [0.25, 0.3) is 5.69 Å². The van der Waals surface area contributed by atoms with Gasteiger partial charge in [0.1, 0.15) is 0 Å². The second-order valence-electron chi connectivity index (χ2n) is 7.08. The van der Waals surface area contributed by atoms with Gasteiger partial charge in [0.05, 0.1) is 19.0 Å². The number of aryl methyl sites for hydroxylation is 2. The second kappa shape index (κ2) is 7.91. The predicted molar refractivity (Wildman–Crippen MR) is 108 cm³/mol.